The number of aryl methyl sites for hydroxylation is 1. The molecule has 0 bridgehead atoms. The van der Waals surface area contributed by atoms with Crippen LogP contribution in [0.25, 0.3) is 0 Å². The minimum Gasteiger partial charge on any atom is -0.481 e. The Bertz CT molecular complexity index is 439. The summed E-state index contributed by atoms with van der Waals surface area (Å²) in [5.41, 5.74) is 0. The van der Waals surface area contributed by atoms with E-state index in [0.29, 0.717) is 12.2 Å². The molecular formula is C12H15NO6. The third-order valence-electron chi connectivity index (χ3n) is 2.46. The Balaban J connectivity index is 2.38. The number of rotatable bonds is 8. The number of aliphatic carboxylic acids is 2. The highest BCUT2D eigenvalue weighted by Gasteiger charge is 2.20. The fraction of sp³-hybridized carbons (Fsp3) is 0.417. The van der Waals surface area contributed by atoms with E-state index in [9.17, 15) is 14.4 Å². The molecule has 104 valence electrons. The molecule has 0 saturated heterocycles. The smallest absolute Gasteiger partial charge is 0.326 e. The summed E-state index contributed by atoms with van der Waals surface area (Å²) < 4.78 is 5.04. The number of furan rings is 1. The predicted molar refractivity (Wildman–Crippen MR) is 63.5 cm³/mol. The molecule has 1 heterocycles. The lowest BCUT2D eigenvalue weighted by molar-refractivity contribution is -0.143. The standard InChI is InChI=1S/C12H15NO6/c14-10(5-3-8-2-1-7-19-8)13-9(12(17)18)4-6-11(15)16/h1-2,7,9H,3-6H2,(H,13,14)(H,15,16)(H,17,18)/t9-/m0/s1. The van der Waals surface area contributed by atoms with Crippen LogP contribution in [0.2, 0.25) is 0 Å². The van der Waals surface area contributed by atoms with Crippen molar-refractivity contribution in [3.05, 3.63) is 24.2 Å². The minimum absolute atomic E-state index is 0.0877. The van der Waals surface area contributed by atoms with Crippen molar-refractivity contribution < 1.29 is 29.0 Å². The summed E-state index contributed by atoms with van der Waals surface area (Å²) in [5.74, 6) is -2.16. The maximum atomic E-state index is 11.5. The van der Waals surface area contributed by atoms with Crippen LogP contribution in [-0.4, -0.2) is 34.1 Å². The van der Waals surface area contributed by atoms with Crippen molar-refractivity contribution in [1.29, 1.82) is 0 Å². The number of hydrogen-bond acceptors (Lipinski definition) is 4. The van der Waals surface area contributed by atoms with Gasteiger partial charge in [0.25, 0.3) is 0 Å². The van der Waals surface area contributed by atoms with E-state index in [4.69, 9.17) is 14.6 Å². The summed E-state index contributed by atoms with van der Waals surface area (Å²) in [4.78, 5) is 32.8. The van der Waals surface area contributed by atoms with Gasteiger partial charge in [-0.25, -0.2) is 4.79 Å². The lowest BCUT2D eigenvalue weighted by atomic mass is 10.1. The highest BCUT2D eigenvalue weighted by Crippen LogP contribution is 2.04. The van der Waals surface area contributed by atoms with Gasteiger partial charge < -0.3 is 19.9 Å². The molecule has 1 amide bonds. The number of carboxylic acid groups (broad SMARTS) is 2. The van der Waals surface area contributed by atoms with Gasteiger partial charge in [-0.3, -0.25) is 9.59 Å². The first-order valence-electron chi connectivity index (χ1n) is 5.75. The maximum Gasteiger partial charge on any atom is 0.326 e. The van der Waals surface area contributed by atoms with Gasteiger partial charge in [0.2, 0.25) is 5.91 Å². The summed E-state index contributed by atoms with van der Waals surface area (Å²) in [6.07, 6.45) is 1.49. The Hall–Kier alpha value is -2.31. The zero-order valence-electron chi connectivity index (χ0n) is 10.2. The number of carbonyl (C=O) groups excluding carboxylic acids is 1. The second-order valence-corrected chi connectivity index (χ2v) is 3.97. The van der Waals surface area contributed by atoms with E-state index in [2.05, 4.69) is 5.32 Å². The van der Waals surface area contributed by atoms with Crippen molar-refractivity contribution in [2.45, 2.75) is 31.7 Å². The van der Waals surface area contributed by atoms with E-state index < -0.39 is 23.9 Å². The first-order valence-corrected chi connectivity index (χ1v) is 5.75. The number of amides is 1. The van der Waals surface area contributed by atoms with Gasteiger partial charge >= 0.3 is 11.9 Å². The molecule has 7 nitrogen and oxygen atoms in total. The predicted octanol–water partition coefficient (Wildman–Crippen LogP) is 0.646. The molecule has 0 radical (unpaired) electrons. The molecule has 1 aromatic heterocycles. The highest BCUT2D eigenvalue weighted by atomic mass is 16.4. The maximum absolute atomic E-state index is 11.5. The highest BCUT2D eigenvalue weighted by molar-refractivity contribution is 5.84. The molecule has 1 rings (SSSR count). The van der Waals surface area contributed by atoms with E-state index in [1.165, 1.54) is 6.26 Å². The largest absolute Gasteiger partial charge is 0.481 e. The van der Waals surface area contributed by atoms with E-state index in [-0.39, 0.29) is 19.3 Å². The summed E-state index contributed by atoms with van der Waals surface area (Å²) in [7, 11) is 0. The van der Waals surface area contributed by atoms with Crippen molar-refractivity contribution in [2.24, 2.45) is 0 Å². The Kier molecular flexibility index (Phi) is 5.59. The third kappa shape index (κ3) is 5.71. The van der Waals surface area contributed by atoms with Crippen molar-refractivity contribution in [3.63, 3.8) is 0 Å². The molecule has 0 aliphatic rings. The fourth-order valence-electron chi connectivity index (χ4n) is 1.48. The fourth-order valence-corrected chi connectivity index (χ4v) is 1.48. The minimum atomic E-state index is -1.24. The Morgan fingerprint density at radius 1 is 1.26 bits per heavy atom. The van der Waals surface area contributed by atoms with E-state index in [1.807, 2.05) is 0 Å². The molecule has 0 saturated carbocycles. The lowest BCUT2D eigenvalue weighted by Crippen LogP contribution is -2.41. The first-order chi connectivity index (χ1) is 8.99. The average molecular weight is 269 g/mol. The topological polar surface area (TPSA) is 117 Å². The molecule has 0 aromatic carbocycles. The van der Waals surface area contributed by atoms with Crippen LogP contribution in [0.4, 0.5) is 0 Å². The summed E-state index contributed by atoms with van der Waals surface area (Å²) in [6.45, 7) is 0. The SMILES string of the molecule is O=C(O)CC[C@H](NC(=O)CCc1ccco1)C(=O)O. The molecule has 0 aliphatic carbocycles. The third-order valence-corrected chi connectivity index (χ3v) is 2.46. The van der Waals surface area contributed by atoms with Gasteiger partial charge in [0.15, 0.2) is 0 Å². The quantitative estimate of drug-likeness (QED) is 0.637. The van der Waals surface area contributed by atoms with Crippen molar-refractivity contribution in [3.8, 4) is 0 Å². The molecule has 0 unspecified atom stereocenters. The van der Waals surface area contributed by atoms with Crippen LogP contribution in [-0.2, 0) is 20.8 Å². The lowest BCUT2D eigenvalue weighted by Gasteiger charge is -2.13. The van der Waals surface area contributed by atoms with Gasteiger partial charge in [-0.15, -0.1) is 0 Å². The van der Waals surface area contributed by atoms with E-state index in [0.717, 1.165) is 0 Å². The molecule has 0 fully saturated rings. The van der Waals surface area contributed by atoms with Crippen LogP contribution >= 0.6 is 0 Å². The van der Waals surface area contributed by atoms with Crippen LogP contribution in [0.3, 0.4) is 0 Å². The summed E-state index contributed by atoms with van der Waals surface area (Å²) in [5, 5.41) is 19.6. The van der Waals surface area contributed by atoms with Crippen molar-refractivity contribution in [1.82, 2.24) is 5.32 Å². The molecule has 0 spiro atoms. The number of carbonyl (C=O) groups is 3. The van der Waals surface area contributed by atoms with Crippen LogP contribution < -0.4 is 5.32 Å². The van der Waals surface area contributed by atoms with Gasteiger partial charge in [-0.2, -0.15) is 0 Å². The molecule has 0 aliphatic heterocycles. The second kappa shape index (κ2) is 7.20. The van der Waals surface area contributed by atoms with Gasteiger partial charge in [0.05, 0.1) is 6.26 Å². The molecule has 1 atom stereocenters. The zero-order valence-corrected chi connectivity index (χ0v) is 10.2. The molecular weight excluding hydrogens is 254 g/mol. The van der Waals surface area contributed by atoms with E-state index in [1.54, 1.807) is 12.1 Å². The van der Waals surface area contributed by atoms with Crippen molar-refractivity contribution >= 4 is 17.8 Å². The van der Waals surface area contributed by atoms with Crippen LogP contribution in [0.5, 0.6) is 0 Å². The average Bonchev–Trinajstić information content (AvgIpc) is 2.84. The summed E-state index contributed by atoms with van der Waals surface area (Å²) in [6, 6.07) is 2.23. The van der Waals surface area contributed by atoms with Gasteiger partial charge in [-0.1, -0.05) is 0 Å². The summed E-state index contributed by atoms with van der Waals surface area (Å²) >= 11 is 0. The van der Waals surface area contributed by atoms with E-state index >= 15 is 0 Å². The normalized spacial score (nSPS) is 11.8. The van der Waals surface area contributed by atoms with Crippen LogP contribution in [0.1, 0.15) is 25.0 Å². The number of nitrogens with one attached hydrogen (secondary N) is 1. The second-order valence-electron chi connectivity index (χ2n) is 3.97. The molecule has 7 heteroatoms. The van der Waals surface area contributed by atoms with Crippen LogP contribution in [0.15, 0.2) is 22.8 Å². The van der Waals surface area contributed by atoms with Crippen molar-refractivity contribution in [2.75, 3.05) is 0 Å². The number of hydrogen-bond donors (Lipinski definition) is 3. The first kappa shape index (κ1) is 14.7. The molecule has 3 N–H and O–H groups in total. The zero-order chi connectivity index (χ0) is 14.3. The Labute approximate surface area is 109 Å². The Morgan fingerprint density at radius 3 is 2.53 bits per heavy atom. The molecule has 1 aromatic rings. The van der Waals surface area contributed by atoms with Gasteiger partial charge in [-0.05, 0) is 18.6 Å². The van der Waals surface area contributed by atoms with Gasteiger partial charge in [0, 0.05) is 19.3 Å². The van der Waals surface area contributed by atoms with Gasteiger partial charge in [0.1, 0.15) is 11.8 Å². The molecule has 19 heavy (non-hydrogen) atoms. The van der Waals surface area contributed by atoms with Crippen LogP contribution in [0, 0.1) is 0 Å². The Morgan fingerprint density at radius 2 is 2.00 bits per heavy atom. The number of carboxylic acids is 2. The monoisotopic (exact) mass is 269 g/mol.